The minimum Gasteiger partial charge on any atom is -0.457 e. The third-order valence-corrected chi connectivity index (χ3v) is 10.7. The van der Waals surface area contributed by atoms with Crippen LogP contribution < -0.4 is 4.74 Å². The largest absolute Gasteiger partial charge is 0.457 e. The summed E-state index contributed by atoms with van der Waals surface area (Å²) < 4.78 is 8.89. The fraction of sp³-hybridized carbons (Fsp3) is 0. The molecule has 0 atom stereocenters. The van der Waals surface area contributed by atoms with Crippen LogP contribution in [0.3, 0.4) is 0 Å². The molecule has 0 aliphatic heterocycles. The number of thiophene rings is 1. The zero-order valence-corrected chi connectivity index (χ0v) is 30.6. The van der Waals surface area contributed by atoms with Crippen LogP contribution in [0.1, 0.15) is 0 Å². The van der Waals surface area contributed by atoms with Crippen LogP contribution in [0.5, 0.6) is 11.5 Å². The van der Waals surface area contributed by atoms with Crippen molar-refractivity contribution in [2.24, 2.45) is 0 Å². The molecule has 0 amide bonds. The minimum absolute atomic E-state index is 0.553. The van der Waals surface area contributed by atoms with Gasteiger partial charge in [-0.25, -0.2) is 29.9 Å². The highest BCUT2D eigenvalue weighted by molar-refractivity contribution is 7.26. The average molecular weight is 739 g/mol. The molecule has 10 rings (SSSR count). The molecule has 7 aromatic carbocycles. The fourth-order valence-corrected chi connectivity index (χ4v) is 7.95. The van der Waals surface area contributed by atoms with Crippen LogP contribution >= 0.6 is 11.3 Å². The second kappa shape index (κ2) is 14.4. The van der Waals surface area contributed by atoms with Gasteiger partial charge in [-0.1, -0.05) is 146 Å². The van der Waals surface area contributed by atoms with E-state index in [2.05, 4.69) is 42.5 Å². The smallest absolute Gasteiger partial charge is 0.165 e. The summed E-state index contributed by atoms with van der Waals surface area (Å²) >= 11 is 1.76. The van der Waals surface area contributed by atoms with E-state index in [-0.39, 0.29) is 0 Å². The highest BCUT2D eigenvalue weighted by Gasteiger charge is 2.18. The van der Waals surface area contributed by atoms with Crippen LogP contribution in [0.25, 0.3) is 88.5 Å². The Balaban J connectivity index is 1.02. The number of fused-ring (bicyclic) bond motifs is 3. The highest BCUT2D eigenvalue weighted by atomic mass is 32.1. The van der Waals surface area contributed by atoms with Crippen LogP contribution in [0.4, 0.5) is 0 Å². The van der Waals surface area contributed by atoms with E-state index < -0.39 is 0 Å². The van der Waals surface area contributed by atoms with E-state index in [1.54, 1.807) is 11.3 Å². The molecule has 0 spiro atoms. The molecule has 0 aliphatic carbocycles. The maximum atomic E-state index is 6.51. The Morgan fingerprint density at radius 3 is 1.23 bits per heavy atom. The Morgan fingerprint density at radius 1 is 0.321 bits per heavy atom. The molecule has 0 saturated heterocycles. The second-order valence-corrected chi connectivity index (χ2v) is 14.2. The standard InChI is InChI=1S/C48H30N6OS/c1-4-15-31(16-5-1)43-49-44(32-17-6-2-7-18-32)51-46(50-43)34-21-12-23-36(29-34)55-37-24-13-22-35(30-37)47-52-45(33-19-8-3-9-20-33)53-48(54-47)40-27-14-26-39-38-25-10-11-28-41(38)56-42(39)40/h1-30H. The Morgan fingerprint density at radius 2 is 0.714 bits per heavy atom. The fourth-order valence-electron chi connectivity index (χ4n) is 6.74. The molecule has 0 bridgehead atoms. The van der Waals surface area contributed by atoms with Crippen molar-refractivity contribution in [3.63, 3.8) is 0 Å². The predicted molar refractivity (Wildman–Crippen MR) is 225 cm³/mol. The lowest BCUT2D eigenvalue weighted by Crippen LogP contribution is -2.00. The minimum atomic E-state index is 0.553. The van der Waals surface area contributed by atoms with Crippen molar-refractivity contribution in [1.82, 2.24) is 29.9 Å². The van der Waals surface area contributed by atoms with Crippen LogP contribution in [-0.2, 0) is 0 Å². The van der Waals surface area contributed by atoms with Crippen molar-refractivity contribution < 1.29 is 4.74 Å². The van der Waals surface area contributed by atoms with E-state index in [9.17, 15) is 0 Å². The number of hydrogen-bond donors (Lipinski definition) is 0. The first-order valence-electron chi connectivity index (χ1n) is 18.2. The van der Waals surface area contributed by atoms with Crippen molar-refractivity contribution in [1.29, 1.82) is 0 Å². The molecule has 0 fully saturated rings. The van der Waals surface area contributed by atoms with E-state index in [1.165, 1.54) is 15.5 Å². The lowest BCUT2D eigenvalue weighted by Gasteiger charge is -2.11. The highest BCUT2D eigenvalue weighted by Crippen LogP contribution is 2.40. The first kappa shape index (κ1) is 33.2. The van der Waals surface area contributed by atoms with Gasteiger partial charge < -0.3 is 4.74 Å². The molecule has 56 heavy (non-hydrogen) atoms. The number of hydrogen-bond acceptors (Lipinski definition) is 8. The van der Waals surface area contributed by atoms with Gasteiger partial charge in [0.1, 0.15) is 11.5 Å². The zero-order chi connectivity index (χ0) is 37.3. The van der Waals surface area contributed by atoms with Crippen LogP contribution in [0, 0.1) is 0 Å². The van der Waals surface area contributed by atoms with E-state index in [0.29, 0.717) is 46.4 Å². The van der Waals surface area contributed by atoms with Crippen LogP contribution in [0.15, 0.2) is 182 Å². The monoisotopic (exact) mass is 738 g/mol. The normalized spacial score (nSPS) is 11.2. The number of rotatable bonds is 8. The Bertz CT molecular complexity index is 2950. The number of nitrogens with zero attached hydrogens (tertiary/aromatic N) is 6. The summed E-state index contributed by atoms with van der Waals surface area (Å²) in [5.41, 5.74) is 5.32. The Kier molecular flexibility index (Phi) is 8.55. The van der Waals surface area contributed by atoms with E-state index in [1.807, 2.05) is 140 Å². The summed E-state index contributed by atoms with van der Waals surface area (Å²) in [6.45, 7) is 0. The zero-order valence-electron chi connectivity index (χ0n) is 29.8. The predicted octanol–water partition coefficient (Wildman–Crippen LogP) is 12.2. The van der Waals surface area contributed by atoms with Crippen molar-refractivity contribution in [3.8, 4) is 79.8 Å². The van der Waals surface area contributed by atoms with E-state index in [4.69, 9.17) is 34.6 Å². The lowest BCUT2D eigenvalue weighted by molar-refractivity contribution is 0.483. The molecule has 0 radical (unpaired) electrons. The summed E-state index contributed by atoms with van der Waals surface area (Å²) in [4.78, 5) is 29.8. The van der Waals surface area contributed by atoms with Gasteiger partial charge in [0.05, 0.1) is 0 Å². The van der Waals surface area contributed by atoms with Gasteiger partial charge in [0.25, 0.3) is 0 Å². The molecule has 7 nitrogen and oxygen atoms in total. The first-order valence-corrected chi connectivity index (χ1v) is 19.0. The Hall–Kier alpha value is -7.42. The summed E-state index contributed by atoms with van der Waals surface area (Å²) in [7, 11) is 0. The summed E-state index contributed by atoms with van der Waals surface area (Å²) in [6.07, 6.45) is 0. The van der Waals surface area contributed by atoms with Crippen molar-refractivity contribution in [3.05, 3.63) is 182 Å². The average Bonchev–Trinajstić information content (AvgIpc) is 3.66. The number of ether oxygens (including phenoxy) is 1. The molecule has 3 heterocycles. The third-order valence-electron chi connectivity index (χ3n) is 9.43. The topological polar surface area (TPSA) is 86.6 Å². The number of benzene rings is 7. The number of aromatic nitrogens is 6. The molecule has 264 valence electrons. The maximum absolute atomic E-state index is 6.51. The molecule has 3 aromatic heterocycles. The van der Waals surface area contributed by atoms with Gasteiger partial charge in [0.2, 0.25) is 0 Å². The van der Waals surface area contributed by atoms with Gasteiger partial charge >= 0.3 is 0 Å². The van der Waals surface area contributed by atoms with Gasteiger partial charge in [-0.15, -0.1) is 11.3 Å². The molecule has 0 saturated carbocycles. The lowest BCUT2D eigenvalue weighted by atomic mass is 10.1. The molecule has 8 heteroatoms. The second-order valence-electron chi connectivity index (χ2n) is 13.1. The van der Waals surface area contributed by atoms with E-state index in [0.717, 1.165) is 38.1 Å². The molecule has 0 aliphatic rings. The Labute approximate surface area is 326 Å². The van der Waals surface area contributed by atoms with Gasteiger partial charge in [-0.2, -0.15) is 0 Å². The summed E-state index contributed by atoms with van der Waals surface area (Å²) in [6, 6.07) is 60.4. The maximum Gasteiger partial charge on any atom is 0.165 e. The third kappa shape index (κ3) is 6.55. The van der Waals surface area contributed by atoms with Crippen LogP contribution in [0.2, 0.25) is 0 Å². The van der Waals surface area contributed by atoms with E-state index >= 15 is 0 Å². The van der Waals surface area contributed by atoms with Gasteiger partial charge in [-0.3, -0.25) is 0 Å². The quantitative estimate of drug-likeness (QED) is 0.153. The van der Waals surface area contributed by atoms with Gasteiger partial charge in [-0.05, 0) is 36.4 Å². The molecule has 10 aromatic rings. The van der Waals surface area contributed by atoms with Crippen molar-refractivity contribution >= 4 is 31.5 Å². The molecule has 0 N–H and O–H groups in total. The first-order chi connectivity index (χ1) is 27.7. The van der Waals surface area contributed by atoms with Crippen molar-refractivity contribution in [2.45, 2.75) is 0 Å². The SMILES string of the molecule is c1ccc(-c2nc(-c3ccccc3)nc(-c3cccc(Oc4cccc(-c5nc(-c6ccccc6)nc(-c6cccc7c6sc6ccccc67)n5)c4)c3)n2)cc1. The molecular formula is C48H30N6OS. The van der Waals surface area contributed by atoms with Gasteiger partial charge in [0, 0.05) is 53.6 Å². The van der Waals surface area contributed by atoms with Gasteiger partial charge in [0.15, 0.2) is 34.9 Å². The molecule has 0 unspecified atom stereocenters. The molecular weight excluding hydrogens is 709 g/mol. The summed E-state index contributed by atoms with van der Waals surface area (Å²) in [5.74, 6) is 4.81. The van der Waals surface area contributed by atoms with Crippen LogP contribution in [-0.4, -0.2) is 29.9 Å². The summed E-state index contributed by atoms with van der Waals surface area (Å²) in [5, 5.41) is 2.42. The van der Waals surface area contributed by atoms with Crippen molar-refractivity contribution in [2.75, 3.05) is 0 Å².